The Bertz CT molecular complexity index is 248. The fraction of sp³-hybridized carbons (Fsp3) is 0.700. The molecule has 12 heavy (non-hydrogen) atoms. The zero-order chi connectivity index (χ0) is 9.14. The quantitative estimate of drug-likeness (QED) is 0.671. The average Bonchev–Trinajstić information content (AvgIpc) is 2.30. The van der Waals surface area contributed by atoms with Crippen LogP contribution in [0.15, 0.2) is 0 Å². The summed E-state index contributed by atoms with van der Waals surface area (Å²) in [5.74, 6) is 0.656. The predicted molar refractivity (Wildman–Crippen MR) is 50.0 cm³/mol. The minimum Gasteiger partial charge on any atom is -0.268 e. The van der Waals surface area contributed by atoms with Gasteiger partial charge in [0.05, 0.1) is 0 Å². The van der Waals surface area contributed by atoms with Gasteiger partial charge < -0.3 is 0 Å². The zero-order valence-corrected chi connectivity index (χ0v) is 8.39. The predicted octanol–water partition coefficient (Wildman–Crippen LogP) is 2.21. The summed E-state index contributed by atoms with van der Waals surface area (Å²) in [4.78, 5) is 0. The van der Waals surface area contributed by atoms with Crippen LogP contribution < -0.4 is 0 Å². The van der Waals surface area contributed by atoms with Gasteiger partial charge in [-0.05, 0) is 24.8 Å². The Morgan fingerprint density at radius 1 is 1.50 bits per heavy atom. The molecule has 0 N–H and O–H groups in total. The van der Waals surface area contributed by atoms with E-state index in [4.69, 9.17) is 0 Å². The maximum Gasteiger partial charge on any atom is 0.116 e. The molecule has 0 aliphatic rings. The molecule has 1 rings (SSSR count). The van der Waals surface area contributed by atoms with Crippen molar-refractivity contribution in [3.05, 3.63) is 17.5 Å². The van der Waals surface area contributed by atoms with Crippen LogP contribution in [0.4, 0.5) is 0 Å². The van der Waals surface area contributed by atoms with Crippen molar-refractivity contribution in [2.24, 2.45) is 5.92 Å². The van der Waals surface area contributed by atoms with Crippen LogP contribution >= 0.6 is 0 Å². The molecule has 2 nitrogen and oxygen atoms in total. The van der Waals surface area contributed by atoms with Gasteiger partial charge in [0.2, 0.25) is 0 Å². The number of hydrogen-bond donors (Lipinski definition) is 0. The fourth-order valence-corrected chi connectivity index (χ4v) is 1.40. The summed E-state index contributed by atoms with van der Waals surface area (Å²) in [5.41, 5.74) is 2.52. The van der Waals surface area contributed by atoms with E-state index in [1.54, 1.807) is 0 Å². The summed E-state index contributed by atoms with van der Waals surface area (Å²) in [6, 6.07) is 0. The molecule has 0 spiro atoms. The van der Waals surface area contributed by atoms with Gasteiger partial charge in [-0.15, -0.1) is 0 Å². The second-order valence-corrected chi connectivity index (χ2v) is 3.61. The Morgan fingerprint density at radius 3 is 2.67 bits per heavy atom. The van der Waals surface area contributed by atoms with Crippen LogP contribution in [0.3, 0.4) is 0 Å². The minimum absolute atomic E-state index is 0.656. The molecule has 0 aliphatic heterocycles. The van der Waals surface area contributed by atoms with E-state index >= 15 is 0 Å². The van der Waals surface area contributed by atoms with Gasteiger partial charge in [-0.2, -0.15) is 5.10 Å². The van der Waals surface area contributed by atoms with Crippen LogP contribution in [-0.2, 0) is 13.0 Å². The third-order valence-corrected chi connectivity index (χ3v) is 1.96. The average molecular weight is 165 g/mol. The van der Waals surface area contributed by atoms with Gasteiger partial charge >= 0.3 is 0 Å². The number of nitrogens with zero attached hydrogens (tertiary/aromatic N) is 2. The van der Waals surface area contributed by atoms with Crippen molar-refractivity contribution in [1.82, 2.24) is 9.78 Å². The Balaban J connectivity index is 2.84. The first-order valence-electron chi connectivity index (χ1n) is 4.59. The highest BCUT2D eigenvalue weighted by atomic mass is 15.3. The van der Waals surface area contributed by atoms with Gasteiger partial charge in [0.15, 0.2) is 0 Å². The van der Waals surface area contributed by atoms with Crippen molar-refractivity contribution in [2.45, 2.75) is 40.7 Å². The molecule has 1 heterocycles. The SMILES string of the molecule is CCc1c(C)[c]nn1CC(C)C. The summed E-state index contributed by atoms with van der Waals surface area (Å²) in [7, 11) is 0. The van der Waals surface area contributed by atoms with E-state index in [-0.39, 0.29) is 0 Å². The smallest absolute Gasteiger partial charge is 0.116 e. The minimum atomic E-state index is 0.656. The second kappa shape index (κ2) is 3.74. The third kappa shape index (κ3) is 1.87. The Hall–Kier alpha value is -0.790. The molecule has 2 heteroatoms. The molecule has 0 amide bonds. The van der Waals surface area contributed by atoms with Crippen molar-refractivity contribution in [2.75, 3.05) is 0 Å². The summed E-state index contributed by atoms with van der Waals surface area (Å²) in [6.45, 7) is 9.65. The van der Waals surface area contributed by atoms with E-state index in [0.717, 1.165) is 13.0 Å². The Labute approximate surface area is 74.6 Å². The lowest BCUT2D eigenvalue weighted by molar-refractivity contribution is 0.469. The Morgan fingerprint density at radius 2 is 2.17 bits per heavy atom. The van der Waals surface area contributed by atoms with E-state index < -0.39 is 0 Å². The monoisotopic (exact) mass is 165 g/mol. The van der Waals surface area contributed by atoms with Gasteiger partial charge in [-0.25, -0.2) is 0 Å². The molecular formula is C10H17N2. The number of aryl methyl sites for hydroxylation is 1. The van der Waals surface area contributed by atoms with Crippen LogP contribution in [0.5, 0.6) is 0 Å². The van der Waals surface area contributed by atoms with E-state index in [1.807, 2.05) is 0 Å². The molecule has 0 fully saturated rings. The van der Waals surface area contributed by atoms with Crippen LogP contribution in [0.2, 0.25) is 0 Å². The lowest BCUT2D eigenvalue weighted by atomic mass is 10.2. The normalized spacial score (nSPS) is 11.1. The highest BCUT2D eigenvalue weighted by Crippen LogP contribution is 2.09. The van der Waals surface area contributed by atoms with Crippen LogP contribution in [-0.4, -0.2) is 9.78 Å². The fourth-order valence-electron chi connectivity index (χ4n) is 1.40. The first-order valence-corrected chi connectivity index (χ1v) is 4.59. The Kier molecular flexibility index (Phi) is 2.90. The highest BCUT2D eigenvalue weighted by Gasteiger charge is 2.06. The summed E-state index contributed by atoms with van der Waals surface area (Å²) in [6.07, 6.45) is 4.06. The largest absolute Gasteiger partial charge is 0.268 e. The molecular weight excluding hydrogens is 148 g/mol. The first kappa shape index (κ1) is 9.30. The second-order valence-electron chi connectivity index (χ2n) is 3.61. The number of hydrogen-bond acceptors (Lipinski definition) is 1. The summed E-state index contributed by atoms with van der Waals surface area (Å²) >= 11 is 0. The van der Waals surface area contributed by atoms with Gasteiger partial charge in [-0.3, -0.25) is 4.68 Å². The molecule has 0 unspecified atom stereocenters. The molecule has 0 saturated carbocycles. The van der Waals surface area contributed by atoms with Gasteiger partial charge in [-0.1, -0.05) is 20.8 Å². The molecule has 1 aromatic heterocycles. The maximum absolute atomic E-state index is 4.22. The molecule has 1 aromatic rings. The zero-order valence-electron chi connectivity index (χ0n) is 8.39. The lowest BCUT2D eigenvalue weighted by Gasteiger charge is -2.08. The molecule has 67 valence electrons. The molecule has 0 aromatic carbocycles. The van der Waals surface area contributed by atoms with E-state index in [1.165, 1.54) is 11.3 Å². The van der Waals surface area contributed by atoms with Crippen molar-refractivity contribution in [3.8, 4) is 0 Å². The third-order valence-electron chi connectivity index (χ3n) is 1.96. The summed E-state index contributed by atoms with van der Waals surface area (Å²) in [5, 5.41) is 4.22. The first-order chi connectivity index (χ1) is 5.65. The van der Waals surface area contributed by atoms with Crippen LogP contribution in [0, 0.1) is 19.0 Å². The van der Waals surface area contributed by atoms with E-state index in [2.05, 4.69) is 43.7 Å². The molecule has 0 bridgehead atoms. The number of aromatic nitrogens is 2. The maximum atomic E-state index is 4.22. The highest BCUT2D eigenvalue weighted by molar-refractivity contribution is 5.13. The van der Waals surface area contributed by atoms with E-state index in [0.29, 0.717) is 5.92 Å². The summed E-state index contributed by atoms with van der Waals surface area (Å²) < 4.78 is 2.07. The van der Waals surface area contributed by atoms with Gasteiger partial charge in [0.1, 0.15) is 6.20 Å². The van der Waals surface area contributed by atoms with Crippen molar-refractivity contribution in [3.63, 3.8) is 0 Å². The van der Waals surface area contributed by atoms with Crippen molar-refractivity contribution in [1.29, 1.82) is 0 Å². The molecule has 0 aliphatic carbocycles. The van der Waals surface area contributed by atoms with Crippen LogP contribution in [0.25, 0.3) is 0 Å². The lowest BCUT2D eigenvalue weighted by Crippen LogP contribution is -2.09. The van der Waals surface area contributed by atoms with Gasteiger partial charge in [0, 0.05) is 12.2 Å². The molecule has 0 atom stereocenters. The number of rotatable bonds is 3. The molecule has 0 saturated heterocycles. The molecule has 1 radical (unpaired) electrons. The van der Waals surface area contributed by atoms with Crippen LogP contribution in [0.1, 0.15) is 32.0 Å². The van der Waals surface area contributed by atoms with Crippen molar-refractivity contribution >= 4 is 0 Å². The van der Waals surface area contributed by atoms with Crippen molar-refractivity contribution < 1.29 is 0 Å². The van der Waals surface area contributed by atoms with Gasteiger partial charge in [0.25, 0.3) is 0 Å². The van der Waals surface area contributed by atoms with E-state index in [9.17, 15) is 0 Å². The topological polar surface area (TPSA) is 17.8 Å². The standard InChI is InChI=1S/C10H17N2/c1-5-10-9(4)6-11-12(10)7-8(2)3/h8H,5,7H2,1-4H3.